The minimum atomic E-state index is -4.42. The summed E-state index contributed by atoms with van der Waals surface area (Å²) in [5.74, 6) is 4.71. The molecule has 0 aliphatic carbocycles. The molecule has 19 heavy (non-hydrogen) atoms. The molecule has 0 bridgehead atoms. The van der Waals surface area contributed by atoms with E-state index in [-0.39, 0.29) is 12.1 Å². The fourth-order valence-corrected chi connectivity index (χ4v) is 1.37. The zero-order chi connectivity index (χ0) is 14.5. The number of hydrogen-bond acceptors (Lipinski definition) is 2. The molecule has 1 amide bonds. The van der Waals surface area contributed by atoms with Gasteiger partial charge in [-0.25, -0.2) is 0 Å². The Labute approximate surface area is 109 Å². The molecule has 0 aliphatic heterocycles. The number of nitrogens with two attached hydrogens (primary N) is 1. The van der Waals surface area contributed by atoms with Crippen molar-refractivity contribution in [2.24, 2.45) is 5.73 Å². The summed E-state index contributed by atoms with van der Waals surface area (Å²) in [6, 6.07) is 4.51. The average Bonchev–Trinajstić information content (AvgIpc) is 2.33. The number of nitrogens with one attached hydrogen (secondary N) is 1. The largest absolute Gasteiger partial charge is 0.405 e. The summed E-state index contributed by atoms with van der Waals surface area (Å²) in [4.78, 5) is 11.5. The zero-order valence-corrected chi connectivity index (χ0v) is 10.3. The highest BCUT2D eigenvalue weighted by molar-refractivity contribution is 5.94. The maximum absolute atomic E-state index is 12.0. The maximum Gasteiger partial charge on any atom is 0.405 e. The summed E-state index contributed by atoms with van der Waals surface area (Å²) < 4.78 is 35.9. The Morgan fingerprint density at radius 1 is 1.42 bits per heavy atom. The van der Waals surface area contributed by atoms with Crippen molar-refractivity contribution in [3.8, 4) is 11.8 Å². The molecular formula is C13H13F3N2O. The summed E-state index contributed by atoms with van der Waals surface area (Å²) in [6.45, 7) is 0.591. The maximum atomic E-state index is 12.0. The number of benzene rings is 1. The lowest BCUT2D eigenvalue weighted by molar-refractivity contribution is -0.123. The number of halogens is 3. The van der Waals surface area contributed by atoms with E-state index in [1.165, 1.54) is 12.1 Å². The fraction of sp³-hybridized carbons (Fsp3) is 0.308. The minimum absolute atomic E-state index is 0.167. The van der Waals surface area contributed by atoms with E-state index in [1.54, 1.807) is 13.0 Å². The zero-order valence-electron chi connectivity index (χ0n) is 10.3. The third-order valence-corrected chi connectivity index (χ3v) is 2.26. The number of carbonyl (C=O) groups excluding carboxylic acids is 1. The van der Waals surface area contributed by atoms with Gasteiger partial charge in [-0.3, -0.25) is 4.79 Å². The van der Waals surface area contributed by atoms with Crippen molar-refractivity contribution in [3.05, 3.63) is 34.9 Å². The molecule has 0 saturated heterocycles. The van der Waals surface area contributed by atoms with Crippen molar-refractivity contribution in [1.82, 2.24) is 5.32 Å². The van der Waals surface area contributed by atoms with Crippen molar-refractivity contribution in [1.29, 1.82) is 0 Å². The van der Waals surface area contributed by atoms with Crippen LogP contribution in [0.25, 0.3) is 0 Å². The highest BCUT2D eigenvalue weighted by atomic mass is 19.4. The second-order valence-electron chi connectivity index (χ2n) is 3.83. The summed E-state index contributed by atoms with van der Waals surface area (Å²) >= 11 is 0. The first-order valence-corrected chi connectivity index (χ1v) is 5.48. The van der Waals surface area contributed by atoms with E-state index in [0.29, 0.717) is 11.1 Å². The predicted molar refractivity (Wildman–Crippen MR) is 65.5 cm³/mol. The van der Waals surface area contributed by atoms with Gasteiger partial charge in [-0.15, -0.1) is 0 Å². The van der Waals surface area contributed by atoms with Crippen LogP contribution in [0.15, 0.2) is 18.2 Å². The van der Waals surface area contributed by atoms with Crippen molar-refractivity contribution in [2.75, 3.05) is 13.1 Å². The summed E-state index contributed by atoms with van der Waals surface area (Å²) in [5.41, 5.74) is 6.81. The minimum Gasteiger partial charge on any atom is -0.343 e. The van der Waals surface area contributed by atoms with Gasteiger partial charge in [0.1, 0.15) is 6.54 Å². The van der Waals surface area contributed by atoms with Gasteiger partial charge >= 0.3 is 6.18 Å². The number of rotatable bonds is 2. The van der Waals surface area contributed by atoms with E-state index in [2.05, 4.69) is 11.8 Å². The molecule has 0 spiro atoms. The number of amides is 1. The van der Waals surface area contributed by atoms with Crippen molar-refractivity contribution in [3.63, 3.8) is 0 Å². The summed E-state index contributed by atoms with van der Waals surface area (Å²) in [5, 5.41) is 1.81. The number of carbonyl (C=O) groups is 1. The van der Waals surface area contributed by atoms with Gasteiger partial charge in [0.15, 0.2) is 0 Å². The third kappa shape index (κ3) is 5.02. The molecule has 102 valence electrons. The van der Waals surface area contributed by atoms with Gasteiger partial charge in [-0.1, -0.05) is 11.8 Å². The summed E-state index contributed by atoms with van der Waals surface area (Å²) in [7, 11) is 0. The Hall–Kier alpha value is -2.00. The van der Waals surface area contributed by atoms with E-state index in [4.69, 9.17) is 5.73 Å². The van der Waals surface area contributed by atoms with E-state index >= 15 is 0 Å². The van der Waals surface area contributed by atoms with Gasteiger partial charge in [0.25, 0.3) is 5.91 Å². The molecular weight excluding hydrogens is 257 g/mol. The van der Waals surface area contributed by atoms with Crippen LogP contribution in [0, 0.1) is 18.8 Å². The highest BCUT2D eigenvalue weighted by Gasteiger charge is 2.27. The lowest BCUT2D eigenvalue weighted by atomic mass is 10.0. The van der Waals surface area contributed by atoms with Crippen molar-refractivity contribution in [2.45, 2.75) is 13.1 Å². The molecule has 0 saturated carbocycles. The van der Waals surface area contributed by atoms with E-state index < -0.39 is 18.6 Å². The molecule has 1 aromatic carbocycles. The predicted octanol–water partition coefficient (Wildman–Crippen LogP) is 1.60. The number of aryl methyl sites for hydroxylation is 1. The quantitative estimate of drug-likeness (QED) is 0.802. The molecule has 0 unspecified atom stereocenters. The van der Waals surface area contributed by atoms with Crippen LogP contribution >= 0.6 is 0 Å². The topological polar surface area (TPSA) is 55.1 Å². The van der Waals surface area contributed by atoms with Crippen LogP contribution in [0.2, 0.25) is 0 Å². The molecule has 0 heterocycles. The monoisotopic (exact) mass is 270 g/mol. The fourth-order valence-electron chi connectivity index (χ4n) is 1.37. The average molecular weight is 270 g/mol. The SMILES string of the molecule is Cc1cc(C(=O)NCC(F)(F)F)ccc1C#CCN. The lowest BCUT2D eigenvalue weighted by Crippen LogP contribution is -2.33. The van der Waals surface area contributed by atoms with Gasteiger partial charge < -0.3 is 11.1 Å². The first-order valence-electron chi connectivity index (χ1n) is 5.48. The molecule has 0 radical (unpaired) electrons. The van der Waals surface area contributed by atoms with Crippen LogP contribution in [0.1, 0.15) is 21.5 Å². The van der Waals surface area contributed by atoms with E-state index in [9.17, 15) is 18.0 Å². The normalized spacial score (nSPS) is 10.6. The van der Waals surface area contributed by atoms with Crippen LogP contribution in [-0.4, -0.2) is 25.2 Å². The molecule has 3 N–H and O–H groups in total. The Balaban J connectivity index is 2.80. The first-order chi connectivity index (χ1) is 8.83. The standard InChI is InChI=1S/C13H13F3N2O/c1-9-7-11(5-4-10(9)3-2-6-17)12(19)18-8-13(14,15)16/h4-5,7H,6,8,17H2,1H3,(H,18,19). The Morgan fingerprint density at radius 3 is 2.63 bits per heavy atom. The lowest BCUT2D eigenvalue weighted by Gasteiger charge is -2.09. The van der Waals surface area contributed by atoms with Gasteiger partial charge in [0.2, 0.25) is 0 Å². The van der Waals surface area contributed by atoms with Gasteiger partial charge in [-0.2, -0.15) is 13.2 Å². The van der Waals surface area contributed by atoms with Crippen LogP contribution in [0.4, 0.5) is 13.2 Å². The van der Waals surface area contributed by atoms with Crippen LogP contribution < -0.4 is 11.1 Å². The molecule has 0 atom stereocenters. The first kappa shape index (κ1) is 15.1. The van der Waals surface area contributed by atoms with Gasteiger partial charge in [0.05, 0.1) is 6.54 Å². The van der Waals surface area contributed by atoms with E-state index in [0.717, 1.165) is 0 Å². The second kappa shape index (κ2) is 6.25. The molecule has 1 rings (SSSR count). The van der Waals surface area contributed by atoms with Crippen molar-refractivity contribution < 1.29 is 18.0 Å². The van der Waals surface area contributed by atoms with E-state index in [1.807, 2.05) is 5.32 Å². The Morgan fingerprint density at radius 2 is 2.11 bits per heavy atom. The Bertz CT molecular complexity index is 527. The second-order valence-corrected chi connectivity index (χ2v) is 3.83. The molecule has 0 fully saturated rings. The number of alkyl halides is 3. The van der Waals surface area contributed by atoms with Crippen LogP contribution in [0.5, 0.6) is 0 Å². The summed E-state index contributed by atoms with van der Waals surface area (Å²) in [6.07, 6.45) is -4.42. The highest BCUT2D eigenvalue weighted by Crippen LogP contribution is 2.14. The smallest absolute Gasteiger partial charge is 0.343 e. The molecule has 0 aliphatic rings. The van der Waals surface area contributed by atoms with Gasteiger partial charge in [-0.05, 0) is 30.7 Å². The molecule has 6 heteroatoms. The van der Waals surface area contributed by atoms with Gasteiger partial charge in [0, 0.05) is 11.1 Å². The van der Waals surface area contributed by atoms with Crippen LogP contribution in [0.3, 0.4) is 0 Å². The molecule has 0 aromatic heterocycles. The van der Waals surface area contributed by atoms with Crippen molar-refractivity contribution >= 4 is 5.91 Å². The molecule has 3 nitrogen and oxygen atoms in total. The Kier molecular flexibility index (Phi) is 4.95. The third-order valence-electron chi connectivity index (χ3n) is 2.26. The number of hydrogen-bond donors (Lipinski definition) is 2. The van der Waals surface area contributed by atoms with Crippen LogP contribution in [-0.2, 0) is 0 Å². The molecule has 1 aromatic rings.